The molecule has 3 rings (SSSR count). The molecule has 0 radical (unpaired) electrons. The highest BCUT2D eigenvalue weighted by Crippen LogP contribution is 2.46. The van der Waals surface area contributed by atoms with Gasteiger partial charge in [0.2, 0.25) is 0 Å². The van der Waals surface area contributed by atoms with Crippen molar-refractivity contribution in [3.63, 3.8) is 0 Å². The van der Waals surface area contributed by atoms with Crippen LogP contribution in [0.3, 0.4) is 0 Å². The van der Waals surface area contributed by atoms with Gasteiger partial charge in [-0.25, -0.2) is 0 Å². The first-order chi connectivity index (χ1) is 10.8. The number of carboxylic acids is 1. The van der Waals surface area contributed by atoms with E-state index in [4.69, 9.17) is 9.47 Å². The molecule has 0 aromatic heterocycles. The highest BCUT2D eigenvalue weighted by atomic mass is 16.7. The third-order valence-corrected chi connectivity index (χ3v) is 5.39. The molecule has 2 aliphatic rings. The lowest BCUT2D eigenvalue weighted by Gasteiger charge is -2.41. The molecular weight excluding hydrogens is 292 g/mol. The summed E-state index contributed by atoms with van der Waals surface area (Å²) >= 11 is 0. The Morgan fingerprint density at radius 2 is 1.52 bits per heavy atom. The van der Waals surface area contributed by atoms with E-state index in [0.717, 1.165) is 5.56 Å². The molecule has 1 saturated heterocycles. The highest BCUT2D eigenvalue weighted by Gasteiger charge is 2.50. The van der Waals surface area contributed by atoms with Crippen molar-refractivity contribution >= 4 is 5.97 Å². The van der Waals surface area contributed by atoms with E-state index < -0.39 is 17.2 Å². The van der Waals surface area contributed by atoms with Crippen LogP contribution in [0.5, 0.6) is 0 Å². The molecule has 0 bridgehead atoms. The maximum Gasteiger partial charge on any atom is 0.314 e. The van der Waals surface area contributed by atoms with Gasteiger partial charge in [-0.2, -0.15) is 0 Å². The zero-order chi connectivity index (χ0) is 16.7. The van der Waals surface area contributed by atoms with Crippen LogP contribution in [-0.2, 0) is 25.1 Å². The molecule has 0 unspecified atom stereocenters. The monoisotopic (exact) mass is 318 g/mol. The van der Waals surface area contributed by atoms with Crippen LogP contribution in [0, 0.1) is 0 Å². The van der Waals surface area contributed by atoms with Crippen LogP contribution in [0.1, 0.15) is 57.6 Å². The van der Waals surface area contributed by atoms with E-state index in [9.17, 15) is 9.90 Å². The van der Waals surface area contributed by atoms with Crippen LogP contribution in [-0.4, -0.2) is 30.1 Å². The van der Waals surface area contributed by atoms with Gasteiger partial charge in [0.25, 0.3) is 0 Å². The van der Waals surface area contributed by atoms with Crippen LogP contribution < -0.4 is 0 Å². The zero-order valence-electron chi connectivity index (χ0n) is 14.2. The number of ether oxygens (including phenoxy) is 2. The SMILES string of the molecule is CC(C)(C)c1ccc(C2(C(=O)O)CCC3(CC2)OCCO3)cc1. The molecule has 0 atom stereocenters. The summed E-state index contributed by atoms with van der Waals surface area (Å²) in [5.41, 5.74) is 1.36. The smallest absolute Gasteiger partial charge is 0.314 e. The second-order valence-electron chi connectivity index (χ2n) is 7.82. The van der Waals surface area contributed by atoms with E-state index in [1.165, 1.54) is 5.56 Å². The molecule has 1 spiro atoms. The number of hydrogen-bond donors (Lipinski definition) is 1. The van der Waals surface area contributed by atoms with Gasteiger partial charge in [0.05, 0.1) is 18.6 Å². The van der Waals surface area contributed by atoms with Gasteiger partial charge in [-0.15, -0.1) is 0 Å². The summed E-state index contributed by atoms with van der Waals surface area (Å²) in [5, 5.41) is 9.92. The second-order valence-corrected chi connectivity index (χ2v) is 7.82. The first-order valence-corrected chi connectivity index (χ1v) is 8.40. The van der Waals surface area contributed by atoms with Gasteiger partial charge in [0.15, 0.2) is 5.79 Å². The summed E-state index contributed by atoms with van der Waals surface area (Å²) in [6, 6.07) is 8.10. The first kappa shape index (κ1) is 16.5. The minimum absolute atomic E-state index is 0.0665. The lowest BCUT2D eigenvalue weighted by Crippen LogP contribution is -2.46. The number of rotatable bonds is 2. The van der Waals surface area contributed by atoms with E-state index in [0.29, 0.717) is 38.9 Å². The number of carboxylic acid groups (broad SMARTS) is 1. The standard InChI is InChI=1S/C19H26O4/c1-17(2,3)14-4-6-15(7-5-14)18(16(20)21)8-10-19(11-9-18)22-12-13-23-19/h4-7H,8-13H2,1-3H3,(H,20,21). The van der Waals surface area contributed by atoms with Crippen molar-refractivity contribution in [1.29, 1.82) is 0 Å². The molecule has 4 heteroatoms. The minimum Gasteiger partial charge on any atom is -0.481 e. The lowest BCUT2D eigenvalue weighted by atomic mass is 9.67. The van der Waals surface area contributed by atoms with Gasteiger partial charge in [0, 0.05) is 12.8 Å². The van der Waals surface area contributed by atoms with Gasteiger partial charge in [0.1, 0.15) is 0 Å². The van der Waals surface area contributed by atoms with Crippen LogP contribution in [0.15, 0.2) is 24.3 Å². The zero-order valence-corrected chi connectivity index (χ0v) is 14.2. The summed E-state index contributed by atoms with van der Waals surface area (Å²) in [6.07, 6.45) is 2.38. The summed E-state index contributed by atoms with van der Waals surface area (Å²) in [7, 11) is 0. The Morgan fingerprint density at radius 3 is 1.96 bits per heavy atom. The number of carbonyl (C=O) groups is 1. The van der Waals surface area contributed by atoms with Crippen molar-refractivity contribution in [2.24, 2.45) is 0 Å². The van der Waals surface area contributed by atoms with Crippen LogP contribution in [0.25, 0.3) is 0 Å². The summed E-state index contributed by atoms with van der Waals surface area (Å²) < 4.78 is 11.5. The van der Waals surface area contributed by atoms with E-state index in [2.05, 4.69) is 32.9 Å². The Morgan fingerprint density at radius 1 is 1.00 bits per heavy atom. The van der Waals surface area contributed by atoms with Gasteiger partial charge in [-0.1, -0.05) is 45.0 Å². The fourth-order valence-electron chi connectivity index (χ4n) is 3.76. The molecular formula is C19H26O4. The maximum atomic E-state index is 12.1. The van der Waals surface area contributed by atoms with Gasteiger partial charge >= 0.3 is 5.97 Å². The van der Waals surface area contributed by atoms with E-state index in [1.807, 2.05) is 12.1 Å². The molecule has 0 amide bonds. The Kier molecular flexibility index (Phi) is 4.01. The van der Waals surface area contributed by atoms with Crippen LogP contribution >= 0.6 is 0 Å². The molecule has 126 valence electrons. The predicted molar refractivity (Wildman–Crippen MR) is 87.6 cm³/mol. The maximum absolute atomic E-state index is 12.1. The Hall–Kier alpha value is -1.39. The van der Waals surface area contributed by atoms with Crippen molar-refractivity contribution in [3.05, 3.63) is 35.4 Å². The van der Waals surface area contributed by atoms with E-state index >= 15 is 0 Å². The van der Waals surface area contributed by atoms with Crippen molar-refractivity contribution < 1.29 is 19.4 Å². The quantitative estimate of drug-likeness (QED) is 0.905. The molecule has 1 aliphatic carbocycles. The molecule has 1 heterocycles. The summed E-state index contributed by atoms with van der Waals surface area (Å²) in [6.45, 7) is 7.71. The topological polar surface area (TPSA) is 55.8 Å². The Balaban J connectivity index is 1.86. The van der Waals surface area contributed by atoms with Gasteiger partial charge in [-0.3, -0.25) is 4.79 Å². The average Bonchev–Trinajstić information content (AvgIpc) is 2.96. The molecule has 1 saturated carbocycles. The molecule has 2 fully saturated rings. The summed E-state index contributed by atoms with van der Waals surface area (Å²) in [5.74, 6) is -1.28. The average molecular weight is 318 g/mol. The van der Waals surface area contributed by atoms with E-state index in [1.54, 1.807) is 0 Å². The van der Waals surface area contributed by atoms with Crippen LogP contribution in [0.4, 0.5) is 0 Å². The molecule has 1 N–H and O–H groups in total. The van der Waals surface area contributed by atoms with Crippen molar-refractivity contribution in [1.82, 2.24) is 0 Å². The van der Waals surface area contributed by atoms with E-state index in [-0.39, 0.29) is 5.41 Å². The number of benzene rings is 1. The molecule has 1 aliphatic heterocycles. The number of aliphatic carboxylic acids is 1. The largest absolute Gasteiger partial charge is 0.481 e. The van der Waals surface area contributed by atoms with Crippen molar-refractivity contribution in [2.75, 3.05) is 13.2 Å². The third-order valence-electron chi connectivity index (χ3n) is 5.39. The fraction of sp³-hybridized carbons (Fsp3) is 0.632. The summed E-state index contributed by atoms with van der Waals surface area (Å²) in [4.78, 5) is 12.1. The molecule has 4 nitrogen and oxygen atoms in total. The highest BCUT2D eigenvalue weighted by molar-refractivity contribution is 5.81. The molecule has 1 aromatic rings. The van der Waals surface area contributed by atoms with Crippen molar-refractivity contribution in [2.45, 2.75) is 63.1 Å². The predicted octanol–water partition coefficient (Wildman–Crippen LogP) is 3.62. The first-order valence-electron chi connectivity index (χ1n) is 8.40. The fourth-order valence-corrected chi connectivity index (χ4v) is 3.76. The normalized spacial score (nSPS) is 23.1. The van der Waals surface area contributed by atoms with Gasteiger partial charge < -0.3 is 14.6 Å². The lowest BCUT2D eigenvalue weighted by molar-refractivity contribution is -0.189. The number of hydrogen-bond acceptors (Lipinski definition) is 3. The Labute approximate surface area is 137 Å². The minimum atomic E-state index is -0.822. The second kappa shape index (κ2) is 5.60. The van der Waals surface area contributed by atoms with Crippen LogP contribution in [0.2, 0.25) is 0 Å². The molecule has 23 heavy (non-hydrogen) atoms. The van der Waals surface area contributed by atoms with Gasteiger partial charge in [-0.05, 0) is 29.4 Å². The third kappa shape index (κ3) is 2.90. The van der Waals surface area contributed by atoms with Crippen molar-refractivity contribution in [3.8, 4) is 0 Å². The molecule has 1 aromatic carbocycles. The Bertz CT molecular complexity index is 566.